The Labute approximate surface area is 191 Å². The van der Waals surface area contributed by atoms with Gasteiger partial charge in [0.1, 0.15) is 17.8 Å². The van der Waals surface area contributed by atoms with E-state index in [1.165, 1.54) is 0 Å². The molecule has 1 aromatic carbocycles. The molecule has 1 unspecified atom stereocenters. The fraction of sp³-hybridized carbons (Fsp3) is 0.360. The number of carbonyl (C=O) groups is 1. The van der Waals surface area contributed by atoms with Gasteiger partial charge in [0, 0.05) is 31.7 Å². The molecule has 8 heteroatoms. The van der Waals surface area contributed by atoms with Crippen molar-refractivity contribution >= 4 is 22.9 Å². The third-order valence-corrected chi connectivity index (χ3v) is 6.61. The number of benzene rings is 1. The Morgan fingerprint density at radius 2 is 1.82 bits per heavy atom. The summed E-state index contributed by atoms with van der Waals surface area (Å²) in [6.45, 7) is 3.44. The highest BCUT2D eigenvalue weighted by molar-refractivity contribution is 5.80. The Morgan fingerprint density at radius 1 is 0.970 bits per heavy atom. The number of piperidine rings is 1. The van der Waals surface area contributed by atoms with E-state index in [-0.39, 0.29) is 5.92 Å². The van der Waals surface area contributed by atoms with Gasteiger partial charge in [-0.15, -0.1) is 0 Å². The molecule has 33 heavy (non-hydrogen) atoms. The lowest BCUT2D eigenvalue weighted by atomic mass is 9.96. The molecule has 8 nitrogen and oxygen atoms in total. The second kappa shape index (κ2) is 8.35. The van der Waals surface area contributed by atoms with E-state index in [4.69, 9.17) is 9.40 Å². The van der Waals surface area contributed by atoms with Gasteiger partial charge in [0.15, 0.2) is 11.5 Å². The molecule has 2 saturated heterocycles. The number of H-pyrrole nitrogens is 1. The highest BCUT2D eigenvalue weighted by Gasteiger charge is 2.31. The van der Waals surface area contributed by atoms with Crippen LogP contribution in [-0.2, 0) is 4.79 Å². The van der Waals surface area contributed by atoms with Gasteiger partial charge in [-0.25, -0.2) is 15.0 Å². The number of anilines is 1. The molecule has 4 aromatic rings. The monoisotopic (exact) mass is 442 g/mol. The lowest BCUT2D eigenvalue weighted by molar-refractivity contribution is -0.134. The summed E-state index contributed by atoms with van der Waals surface area (Å²) >= 11 is 0. The molecule has 2 fully saturated rings. The molecule has 0 spiro atoms. The van der Waals surface area contributed by atoms with Crippen LogP contribution < -0.4 is 4.90 Å². The van der Waals surface area contributed by atoms with Crippen LogP contribution in [0, 0.1) is 5.92 Å². The average molecular weight is 443 g/mol. The van der Waals surface area contributed by atoms with Gasteiger partial charge < -0.3 is 19.2 Å². The molecule has 1 N–H and O–H groups in total. The van der Waals surface area contributed by atoms with Gasteiger partial charge in [0.2, 0.25) is 11.8 Å². The molecule has 0 saturated carbocycles. The molecule has 1 atom stereocenters. The molecule has 1 amide bonds. The highest BCUT2D eigenvalue weighted by atomic mass is 16.3. The summed E-state index contributed by atoms with van der Waals surface area (Å²) in [6.07, 6.45) is 5.81. The van der Waals surface area contributed by atoms with Gasteiger partial charge in [-0.2, -0.15) is 0 Å². The molecule has 168 valence electrons. The van der Waals surface area contributed by atoms with Crippen molar-refractivity contribution < 1.29 is 9.21 Å². The second-order valence-corrected chi connectivity index (χ2v) is 8.85. The number of amides is 1. The second-order valence-electron chi connectivity index (χ2n) is 8.85. The third-order valence-electron chi connectivity index (χ3n) is 6.61. The number of rotatable bonds is 4. The number of hydrogen-bond acceptors (Lipinski definition) is 6. The van der Waals surface area contributed by atoms with E-state index in [2.05, 4.69) is 19.9 Å². The van der Waals surface area contributed by atoms with Gasteiger partial charge in [0.25, 0.3) is 0 Å². The normalized spacial score (nSPS) is 18.8. The summed E-state index contributed by atoms with van der Waals surface area (Å²) < 4.78 is 5.66. The van der Waals surface area contributed by atoms with Gasteiger partial charge in [-0.1, -0.05) is 18.2 Å². The van der Waals surface area contributed by atoms with Crippen molar-refractivity contribution in [3.05, 3.63) is 48.7 Å². The summed E-state index contributed by atoms with van der Waals surface area (Å²) in [4.78, 5) is 34.5. The number of oxazole rings is 1. The van der Waals surface area contributed by atoms with E-state index in [9.17, 15) is 4.79 Å². The molecule has 3 aromatic heterocycles. The quantitative estimate of drug-likeness (QED) is 0.511. The predicted molar refractivity (Wildman–Crippen MR) is 126 cm³/mol. The molecule has 0 radical (unpaired) electrons. The maximum Gasteiger partial charge on any atom is 0.227 e. The van der Waals surface area contributed by atoms with Crippen LogP contribution in [0.15, 0.2) is 53.1 Å². The Morgan fingerprint density at radius 3 is 2.67 bits per heavy atom. The van der Waals surface area contributed by atoms with E-state index >= 15 is 0 Å². The zero-order valence-corrected chi connectivity index (χ0v) is 18.4. The van der Waals surface area contributed by atoms with Crippen molar-refractivity contribution in [2.45, 2.75) is 25.7 Å². The van der Waals surface area contributed by atoms with E-state index in [1.807, 2.05) is 47.4 Å². The van der Waals surface area contributed by atoms with E-state index in [0.717, 1.165) is 68.8 Å². The maximum atomic E-state index is 12.9. The molecule has 2 aliphatic rings. The maximum absolute atomic E-state index is 12.9. The van der Waals surface area contributed by atoms with Crippen LogP contribution in [0.2, 0.25) is 0 Å². The van der Waals surface area contributed by atoms with Crippen LogP contribution in [0.4, 0.5) is 5.82 Å². The van der Waals surface area contributed by atoms with Crippen molar-refractivity contribution in [3.63, 3.8) is 0 Å². The summed E-state index contributed by atoms with van der Waals surface area (Å²) in [5, 5.41) is 0. The first kappa shape index (κ1) is 20.0. The molecule has 5 heterocycles. The van der Waals surface area contributed by atoms with Crippen LogP contribution in [0.25, 0.3) is 34.1 Å². The van der Waals surface area contributed by atoms with Gasteiger partial charge in [-0.05, 0) is 49.9 Å². The minimum Gasteiger partial charge on any atom is -0.444 e. The summed E-state index contributed by atoms with van der Waals surface area (Å²) in [5.74, 6) is 2.41. The van der Waals surface area contributed by atoms with Crippen LogP contribution in [0.1, 0.15) is 25.7 Å². The lowest BCUT2D eigenvalue weighted by Gasteiger charge is -2.34. The van der Waals surface area contributed by atoms with Gasteiger partial charge in [0.05, 0.1) is 11.4 Å². The Kier molecular flexibility index (Phi) is 5.05. The average Bonchev–Trinajstić information content (AvgIpc) is 3.64. The Bertz CT molecular complexity index is 1270. The van der Waals surface area contributed by atoms with Crippen LogP contribution in [0.3, 0.4) is 0 Å². The Hall–Kier alpha value is -3.68. The zero-order valence-electron chi connectivity index (χ0n) is 18.4. The number of likely N-dealkylation sites (tertiary alicyclic amines) is 1. The first-order chi connectivity index (χ1) is 16.2. The van der Waals surface area contributed by atoms with E-state index in [1.54, 1.807) is 6.26 Å². The number of imidazole rings is 1. The number of nitrogens with one attached hydrogen (secondary N) is 1. The van der Waals surface area contributed by atoms with Crippen LogP contribution in [-0.4, -0.2) is 56.9 Å². The molecule has 0 bridgehead atoms. The first-order valence-electron chi connectivity index (χ1n) is 11.7. The van der Waals surface area contributed by atoms with Crippen LogP contribution >= 0.6 is 0 Å². The van der Waals surface area contributed by atoms with Crippen molar-refractivity contribution in [2.75, 3.05) is 31.1 Å². The topological polar surface area (TPSA) is 91.2 Å². The number of pyridine rings is 1. The summed E-state index contributed by atoms with van der Waals surface area (Å²) in [6, 6.07) is 13.8. The fourth-order valence-corrected chi connectivity index (χ4v) is 4.86. The van der Waals surface area contributed by atoms with Crippen molar-refractivity contribution in [1.29, 1.82) is 0 Å². The summed E-state index contributed by atoms with van der Waals surface area (Å²) in [7, 11) is 0. The predicted octanol–water partition coefficient (Wildman–Crippen LogP) is 4.12. The number of fused-ring (bicyclic) bond motifs is 1. The highest BCUT2D eigenvalue weighted by Crippen LogP contribution is 2.28. The third kappa shape index (κ3) is 3.86. The smallest absolute Gasteiger partial charge is 0.227 e. The number of nitrogens with zero attached hydrogens (tertiary/aromatic N) is 5. The largest absolute Gasteiger partial charge is 0.444 e. The SMILES string of the molecule is O=C(C1CCCN(c2ccc3[nH]c(-c4coc(-c5ccccc5)n4)nc3n2)C1)N1CCCC1. The Balaban J connectivity index is 1.22. The number of aromatic nitrogens is 4. The number of hydrogen-bond donors (Lipinski definition) is 1. The number of carbonyl (C=O) groups excluding carboxylic acids is 1. The molecule has 2 aliphatic heterocycles. The van der Waals surface area contributed by atoms with E-state index in [0.29, 0.717) is 29.0 Å². The fourth-order valence-electron chi connectivity index (χ4n) is 4.86. The van der Waals surface area contributed by atoms with Gasteiger partial charge in [-0.3, -0.25) is 4.79 Å². The van der Waals surface area contributed by atoms with Crippen LogP contribution in [0.5, 0.6) is 0 Å². The molecule has 0 aliphatic carbocycles. The minimum absolute atomic E-state index is 0.0515. The number of aromatic amines is 1. The standard InChI is InChI=1S/C25H26N6O2/c32-25(30-12-4-5-13-30)18-9-6-14-31(15-18)21-11-10-19-22(28-21)29-23(26-19)20-16-33-24(27-20)17-7-2-1-3-8-17/h1-3,7-8,10-11,16,18H,4-6,9,12-15H2,(H,26,28,29). The zero-order chi connectivity index (χ0) is 22.2. The van der Waals surface area contributed by atoms with Gasteiger partial charge >= 0.3 is 0 Å². The van der Waals surface area contributed by atoms with Crippen molar-refractivity contribution in [1.82, 2.24) is 24.8 Å². The minimum atomic E-state index is 0.0515. The molecular weight excluding hydrogens is 416 g/mol. The molecular formula is C25H26N6O2. The first-order valence-corrected chi connectivity index (χ1v) is 11.7. The lowest BCUT2D eigenvalue weighted by Crippen LogP contribution is -2.44. The van der Waals surface area contributed by atoms with Crippen molar-refractivity contribution in [3.8, 4) is 23.0 Å². The van der Waals surface area contributed by atoms with E-state index < -0.39 is 0 Å². The molecule has 6 rings (SSSR count). The van der Waals surface area contributed by atoms with Crippen molar-refractivity contribution in [2.24, 2.45) is 5.92 Å². The summed E-state index contributed by atoms with van der Waals surface area (Å²) in [5.41, 5.74) is 3.05.